The first-order valence-corrected chi connectivity index (χ1v) is 10.6. The van der Waals surface area contributed by atoms with Gasteiger partial charge in [0.05, 0.1) is 12.2 Å². The van der Waals surface area contributed by atoms with E-state index in [4.69, 9.17) is 4.42 Å². The summed E-state index contributed by atoms with van der Waals surface area (Å²) < 4.78 is 19.3. The molecule has 0 aliphatic carbocycles. The van der Waals surface area contributed by atoms with E-state index in [1.165, 1.54) is 12.1 Å². The number of amides is 2. The van der Waals surface area contributed by atoms with Gasteiger partial charge in [0.25, 0.3) is 6.01 Å². The van der Waals surface area contributed by atoms with Gasteiger partial charge in [-0.05, 0) is 60.9 Å². The van der Waals surface area contributed by atoms with Crippen molar-refractivity contribution in [3.05, 3.63) is 90.1 Å². The number of pyridine rings is 1. The van der Waals surface area contributed by atoms with E-state index in [-0.39, 0.29) is 17.9 Å². The van der Waals surface area contributed by atoms with Gasteiger partial charge in [-0.25, -0.2) is 14.2 Å². The van der Waals surface area contributed by atoms with E-state index in [0.717, 1.165) is 28.1 Å². The summed E-state index contributed by atoms with van der Waals surface area (Å²) in [5, 5.41) is 6.12. The number of oxazole rings is 1. The number of anilines is 3. The molecule has 1 saturated heterocycles. The second-order valence-electron chi connectivity index (χ2n) is 7.85. The molecule has 1 fully saturated rings. The Labute approximate surface area is 190 Å². The van der Waals surface area contributed by atoms with Crippen LogP contribution in [0.15, 0.2) is 77.6 Å². The van der Waals surface area contributed by atoms with E-state index < -0.39 is 0 Å². The number of carbonyl (C=O) groups excluding carboxylic acids is 1. The summed E-state index contributed by atoms with van der Waals surface area (Å²) in [5.41, 5.74) is 4.22. The van der Waals surface area contributed by atoms with Crippen molar-refractivity contribution in [2.75, 3.05) is 16.8 Å². The Morgan fingerprint density at radius 2 is 1.91 bits per heavy atom. The van der Waals surface area contributed by atoms with Crippen molar-refractivity contribution >= 4 is 23.4 Å². The van der Waals surface area contributed by atoms with Gasteiger partial charge >= 0.3 is 6.03 Å². The lowest BCUT2D eigenvalue weighted by Crippen LogP contribution is -2.48. The molecule has 0 bridgehead atoms. The van der Waals surface area contributed by atoms with Crippen molar-refractivity contribution < 1.29 is 13.6 Å². The highest BCUT2D eigenvalue weighted by Gasteiger charge is 2.30. The minimum Gasteiger partial charge on any atom is -0.423 e. The number of hydrogen-bond acceptors (Lipinski definition) is 5. The van der Waals surface area contributed by atoms with Gasteiger partial charge in [-0.2, -0.15) is 0 Å². The third-order valence-electron chi connectivity index (χ3n) is 5.69. The summed E-state index contributed by atoms with van der Waals surface area (Å²) in [7, 11) is 0. The van der Waals surface area contributed by atoms with Gasteiger partial charge < -0.3 is 15.1 Å². The molecular formula is C25H22FN5O2. The second-order valence-corrected chi connectivity index (χ2v) is 7.85. The molecule has 0 radical (unpaired) electrons. The van der Waals surface area contributed by atoms with Crippen LogP contribution in [-0.2, 0) is 0 Å². The lowest BCUT2D eigenvalue weighted by Gasteiger charge is -2.36. The smallest absolute Gasteiger partial charge is 0.322 e. The molecule has 4 aromatic rings. The van der Waals surface area contributed by atoms with Crippen LogP contribution in [0.3, 0.4) is 0 Å². The van der Waals surface area contributed by atoms with Gasteiger partial charge in [0.15, 0.2) is 5.76 Å². The normalized spacial score (nSPS) is 15.9. The molecule has 2 amide bonds. The van der Waals surface area contributed by atoms with Crippen LogP contribution >= 0.6 is 0 Å². The third-order valence-corrected chi connectivity index (χ3v) is 5.69. The minimum absolute atomic E-state index is 0.193. The van der Waals surface area contributed by atoms with Crippen molar-refractivity contribution in [2.24, 2.45) is 0 Å². The highest BCUT2D eigenvalue weighted by molar-refractivity contribution is 5.94. The fourth-order valence-corrected chi connectivity index (χ4v) is 3.96. The van der Waals surface area contributed by atoms with Crippen LogP contribution in [0.1, 0.15) is 23.6 Å². The van der Waals surface area contributed by atoms with E-state index in [2.05, 4.69) is 20.6 Å². The number of benzene rings is 2. The van der Waals surface area contributed by atoms with E-state index in [0.29, 0.717) is 24.7 Å². The number of hydrogen-bond donors (Lipinski definition) is 2. The molecular weight excluding hydrogens is 421 g/mol. The summed E-state index contributed by atoms with van der Waals surface area (Å²) in [6.45, 7) is 2.52. The SMILES string of the molecule is Cc1ccc(N2C(=O)NCCC2c2ccc(F)cc2)cc1Nc1ncc(-c2ccncc2)o1. The van der Waals surface area contributed by atoms with Crippen LogP contribution in [-0.4, -0.2) is 22.5 Å². The Hall–Kier alpha value is -4.20. The summed E-state index contributed by atoms with van der Waals surface area (Å²) in [6, 6.07) is 15.7. The molecule has 2 N–H and O–H groups in total. The molecule has 5 rings (SSSR count). The molecule has 1 unspecified atom stereocenters. The number of halogens is 1. The summed E-state index contributed by atoms with van der Waals surface area (Å²) in [4.78, 5) is 22.9. The number of rotatable bonds is 5. The predicted molar refractivity (Wildman–Crippen MR) is 124 cm³/mol. The minimum atomic E-state index is -0.301. The standard InChI is InChI=1S/C25H22FN5O2/c1-16-2-7-20(31-22(10-13-28-25(31)32)17-3-5-19(26)6-4-17)14-21(16)30-24-29-15-23(33-24)18-8-11-27-12-9-18/h2-9,11-12,14-15,22H,10,13H2,1H3,(H,28,32)(H,29,30). The van der Waals surface area contributed by atoms with E-state index >= 15 is 0 Å². The zero-order valence-electron chi connectivity index (χ0n) is 18.0. The van der Waals surface area contributed by atoms with Gasteiger partial charge in [0.2, 0.25) is 0 Å². The molecule has 2 aromatic carbocycles. The molecule has 7 nitrogen and oxygen atoms in total. The van der Waals surface area contributed by atoms with Crippen molar-refractivity contribution in [2.45, 2.75) is 19.4 Å². The van der Waals surface area contributed by atoms with Gasteiger partial charge in [-0.3, -0.25) is 9.88 Å². The second kappa shape index (κ2) is 8.74. The summed E-state index contributed by atoms with van der Waals surface area (Å²) >= 11 is 0. The first-order valence-electron chi connectivity index (χ1n) is 10.6. The lowest BCUT2D eigenvalue weighted by atomic mass is 9.99. The monoisotopic (exact) mass is 443 g/mol. The highest BCUT2D eigenvalue weighted by Crippen LogP contribution is 2.35. The topological polar surface area (TPSA) is 83.3 Å². The Morgan fingerprint density at radius 1 is 1.12 bits per heavy atom. The fourth-order valence-electron chi connectivity index (χ4n) is 3.96. The molecule has 3 heterocycles. The molecule has 33 heavy (non-hydrogen) atoms. The van der Waals surface area contributed by atoms with E-state index in [1.54, 1.807) is 35.6 Å². The number of nitrogens with one attached hydrogen (secondary N) is 2. The lowest BCUT2D eigenvalue weighted by molar-refractivity contribution is 0.238. The number of aryl methyl sites for hydroxylation is 1. The third kappa shape index (κ3) is 4.27. The van der Waals surface area contributed by atoms with Crippen LogP contribution in [0.4, 0.5) is 26.6 Å². The Kier molecular flexibility index (Phi) is 5.48. The van der Waals surface area contributed by atoms with E-state index in [1.807, 2.05) is 37.3 Å². The number of nitrogens with zero attached hydrogens (tertiary/aromatic N) is 3. The Morgan fingerprint density at radius 3 is 2.70 bits per heavy atom. The van der Waals surface area contributed by atoms with Crippen LogP contribution < -0.4 is 15.5 Å². The van der Waals surface area contributed by atoms with Crippen LogP contribution in [0, 0.1) is 12.7 Å². The van der Waals surface area contributed by atoms with Gasteiger partial charge in [-0.1, -0.05) is 18.2 Å². The predicted octanol–water partition coefficient (Wildman–Crippen LogP) is 5.59. The Bertz CT molecular complexity index is 1270. The van der Waals surface area contributed by atoms with E-state index in [9.17, 15) is 9.18 Å². The molecule has 166 valence electrons. The number of carbonyl (C=O) groups is 1. The zero-order chi connectivity index (χ0) is 22.8. The van der Waals surface area contributed by atoms with Crippen molar-refractivity contribution in [3.63, 3.8) is 0 Å². The van der Waals surface area contributed by atoms with Crippen LogP contribution in [0.5, 0.6) is 0 Å². The first kappa shape index (κ1) is 20.7. The average molecular weight is 443 g/mol. The van der Waals surface area contributed by atoms with Gasteiger partial charge in [0.1, 0.15) is 5.82 Å². The number of aromatic nitrogens is 2. The molecule has 1 aliphatic rings. The molecule has 1 atom stereocenters. The van der Waals surface area contributed by atoms with Crippen molar-refractivity contribution in [1.82, 2.24) is 15.3 Å². The molecule has 0 spiro atoms. The molecule has 8 heteroatoms. The quantitative estimate of drug-likeness (QED) is 0.420. The van der Waals surface area contributed by atoms with Crippen LogP contribution in [0.25, 0.3) is 11.3 Å². The maximum Gasteiger partial charge on any atom is 0.322 e. The van der Waals surface area contributed by atoms with Crippen LogP contribution in [0.2, 0.25) is 0 Å². The zero-order valence-corrected chi connectivity index (χ0v) is 18.0. The first-order chi connectivity index (χ1) is 16.1. The van der Waals surface area contributed by atoms with Gasteiger partial charge in [-0.15, -0.1) is 0 Å². The number of urea groups is 1. The average Bonchev–Trinajstić information content (AvgIpc) is 3.30. The maximum atomic E-state index is 13.4. The molecule has 1 aliphatic heterocycles. The highest BCUT2D eigenvalue weighted by atomic mass is 19.1. The summed E-state index contributed by atoms with van der Waals surface area (Å²) in [5.74, 6) is 0.324. The Balaban J connectivity index is 1.44. The van der Waals surface area contributed by atoms with Gasteiger partial charge in [0, 0.05) is 35.9 Å². The van der Waals surface area contributed by atoms with Crippen molar-refractivity contribution in [3.8, 4) is 11.3 Å². The fraction of sp³-hybridized carbons (Fsp3) is 0.160. The summed E-state index contributed by atoms with van der Waals surface area (Å²) in [6.07, 6.45) is 5.75. The molecule has 0 saturated carbocycles. The largest absolute Gasteiger partial charge is 0.423 e. The molecule has 2 aromatic heterocycles. The van der Waals surface area contributed by atoms with Crippen molar-refractivity contribution in [1.29, 1.82) is 0 Å². The maximum absolute atomic E-state index is 13.4.